The second kappa shape index (κ2) is 6.80. The van der Waals surface area contributed by atoms with E-state index in [1.54, 1.807) is 6.07 Å². The highest BCUT2D eigenvalue weighted by molar-refractivity contribution is 14.1. The summed E-state index contributed by atoms with van der Waals surface area (Å²) in [5.74, 6) is -0.193. The number of hydrogen-bond acceptors (Lipinski definition) is 2. The summed E-state index contributed by atoms with van der Waals surface area (Å²) >= 11 is 5.44. The van der Waals surface area contributed by atoms with Gasteiger partial charge in [-0.2, -0.15) is 0 Å². The molecule has 0 saturated carbocycles. The molecule has 0 aromatic heterocycles. The van der Waals surface area contributed by atoms with Crippen LogP contribution in [0.2, 0.25) is 0 Å². The van der Waals surface area contributed by atoms with E-state index in [1.165, 1.54) is 0 Å². The van der Waals surface area contributed by atoms with E-state index in [4.69, 9.17) is 5.73 Å². The lowest BCUT2D eigenvalue weighted by atomic mass is 10.2. The maximum Gasteiger partial charge on any atom is 0.312 e. The van der Waals surface area contributed by atoms with Crippen molar-refractivity contribution >= 4 is 50.5 Å². The molecule has 4 N–H and O–H groups in total. The van der Waals surface area contributed by atoms with Crippen LogP contribution in [-0.2, 0) is 0 Å². The predicted octanol–water partition coefficient (Wildman–Crippen LogP) is 1.45. The molecule has 0 saturated heterocycles. The molecule has 5 nitrogen and oxygen atoms in total. The largest absolute Gasteiger partial charge is 0.352 e. The van der Waals surface area contributed by atoms with Crippen molar-refractivity contribution in [3.05, 3.63) is 31.8 Å². The summed E-state index contributed by atoms with van der Waals surface area (Å²) in [5, 5.41) is 5.07. The van der Waals surface area contributed by atoms with Gasteiger partial charge in [0, 0.05) is 21.1 Å². The van der Waals surface area contributed by atoms with Crippen molar-refractivity contribution in [1.29, 1.82) is 0 Å². The monoisotopic (exact) mass is 411 g/mol. The van der Waals surface area contributed by atoms with Gasteiger partial charge in [0.25, 0.3) is 5.91 Å². The Bertz CT molecular complexity index is 440. The molecular formula is C10H11BrIN3O2. The second-order valence-electron chi connectivity index (χ2n) is 3.17. The molecule has 17 heavy (non-hydrogen) atoms. The third kappa shape index (κ3) is 4.90. The lowest BCUT2D eigenvalue weighted by Gasteiger charge is -2.07. The number of amides is 3. The highest BCUT2D eigenvalue weighted by Gasteiger charge is 2.09. The van der Waals surface area contributed by atoms with E-state index in [1.807, 2.05) is 12.1 Å². The third-order valence-electron chi connectivity index (χ3n) is 1.88. The zero-order valence-electron chi connectivity index (χ0n) is 8.80. The molecule has 0 aliphatic carbocycles. The molecule has 1 rings (SSSR count). The van der Waals surface area contributed by atoms with Gasteiger partial charge in [0.05, 0.1) is 5.56 Å². The Balaban J connectivity index is 2.52. The number of carbonyl (C=O) groups is 2. The van der Waals surface area contributed by atoms with Crippen molar-refractivity contribution in [2.75, 3.05) is 13.1 Å². The number of benzene rings is 1. The van der Waals surface area contributed by atoms with Gasteiger partial charge in [-0.25, -0.2) is 4.79 Å². The van der Waals surface area contributed by atoms with E-state index in [0.717, 1.165) is 8.04 Å². The fourth-order valence-corrected chi connectivity index (χ4v) is 2.05. The molecule has 1 aromatic rings. The van der Waals surface area contributed by atoms with Crippen molar-refractivity contribution in [2.24, 2.45) is 5.73 Å². The third-order valence-corrected chi connectivity index (χ3v) is 3.25. The lowest BCUT2D eigenvalue weighted by molar-refractivity contribution is 0.0953. The van der Waals surface area contributed by atoms with Crippen LogP contribution in [0.4, 0.5) is 4.79 Å². The topological polar surface area (TPSA) is 84.2 Å². The molecule has 3 amide bonds. The van der Waals surface area contributed by atoms with E-state index >= 15 is 0 Å². The molecule has 0 spiro atoms. The van der Waals surface area contributed by atoms with Gasteiger partial charge in [-0.1, -0.05) is 0 Å². The fraction of sp³-hybridized carbons (Fsp3) is 0.200. The molecule has 0 fully saturated rings. The van der Waals surface area contributed by atoms with E-state index in [0.29, 0.717) is 18.7 Å². The second-order valence-corrected chi connectivity index (χ2v) is 5.27. The summed E-state index contributed by atoms with van der Waals surface area (Å²) in [6.45, 7) is 0.641. The summed E-state index contributed by atoms with van der Waals surface area (Å²) in [7, 11) is 0. The Labute approximate surface area is 121 Å². The van der Waals surface area contributed by atoms with Gasteiger partial charge in [-0.05, 0) is 56.7 Å². The van der Waals surface area contributed by atoms with Crippen molar-refractivity contribution in [1.82, 2.24) is 10.6 Å². The maximum absolute atomic E-state index is 11.8. The van der Waals surface area contributed by atoms with Gasteiger partial charge in [-0.15, -0.1) is 0 Å². The van der Waals surface area contributed by atoms with Gasteiger partial charge in [-0.3, -0.25) is 4.79 Å². The van der Waals surface area contributed by atoms with Crippen molar-refractivity contribution in [3.8, 4) is 0 Å². The average molecular weight is 412 g/mol. The van der Waals surface area contributed by atoms with Crippen LogP contribution in [0.15, 0.2) is 22.7 Å². The molecule has 7 heteroatoms. The summed E-state index contributed by atoms with van der Waals surface area (Å²) in [5.41, 5.74) is 5.46. The molecule has 0 unspecified atom stereocenters. The molecule has 0 heterocycles. The highest BCUT2D eigenvalue weighted by Crippen LogP contribution is 2.19. The lowest BCUT2D eigenvalue weighted by Crippen LogP contribution is -2.37. The number of rotatable bonds is 4. The van der Waals surface area contributed by atoms with Crippen LogP contribution < -0.4 is 16.4 Å². The quantitative estimate of drug-likeness (QED) is 0.517. The van der Waals surface area contributed by atoms with Gasteiger partial charge in [0.1, 0.15) is 0 Å². The summed E-state index contributed by atoms with van der Waals surface area (Å²) in [4.78, 5) is 22.2. The first-order chi connectivity index (χ1) is 8.00. The number of nitrogens with two attached hydrogens (primary N) is 1. The van der Waals surface area contributed by atoms with E-state index in [9.17, 15) is 9.59 Å². The summed E-state index contributed by atoms with van der Waals surface area (Å²) in [6.07, 6.45) is 0. The van der Waals surface area contributed by atoms with Crippen LogP contribution in [0.3, 0.4) is 0 Å². The molecule has 0 radical (unpaired) electrons. The predicted molar refractivity (Wildman–Crippen MR) is 76.8 cm³/mol. The van der Waals surface area contributed by atoms with Gasteiger partial charge < -0.3 is 16.4 Å². The van der Waals surface area contributed by atoms with E-state index < -0.39 is 6.03 Å². The number of hydrogen-bond donors (Lipinski definition) is 3. The summed E-state index contributed by atoms with van der Waals surface area (Å²) in [6, 6.07) is 4.89. The zero-order valence-corrected chi connectivity index (χ0v) is 12.5. The van der Waals surface area contributed by atoms with Crippen LogP contribution >= 0.6 is 38.5 Å². The first kappa shape index (κ1) is 14.2. The number of primary amides is 1. The molecule has 0 aliphatic heterocycles. The van der Waals surface area contributed by atoms with Crippen molar-refractivity contribution in [3.63, 3.8) is 0 Å². The number of carbonyl (C=O) groups excluding carboxylic acids is 2. The Morgan fingerprint density at radius 1 is 1.29 bits per heavy atom. The molecular weight excluding hydrogens is 401 g/mol. The van der Waals surface area contributed by atoms with Crippen LogP contribution in [-0.4, -0.2) is 25.0 Å². The molecule has 0 bridgehead atoms. The number of nitrogens with one attached hydrogen (secondary N) is 2. The number of halogens is 2. The van der Waals surface area contributed by atoms with Gasteiger partial charge in [0.2, 0.25) is 0 Å². The molecule has 0 aliphatic rings. The van der Waals surface area contributed by atoms with Crippen LogP contribution in [0.1, 0.15) is 10.4 Å². The minimum absolute atomic E-state index is 0.193. The zero-order chi connectivity index (χ0) is 12.8. The highest BCUT2D eigenvalue weighted by atomic mass is 127. The van der Waals surface area contributed by atoms with Crippen LogP contribution in [0.5, 0.6) is 0 Å². The Hall–Kier alpha value is -0.830. The average Bonchev–Trinajstić information content (AvgIpc) is 2.27. The number of urea groups is 1. The molecule has 92 valence electrons. The first-order valence-corrected chi connectivity index (χ1v) is 6.64. The Morgan fingerprint density at radius 2 is 1.94 bits per heavy atom. The fourth-order valence-electron chi connectivity index (χ4n) is 1.13. The van der Waals surface area contributed by atoms with Crippen molar-refractivity contribution < 1.29 is 9.59 Å². The standard InChI is InChI=1S/C10H11BrIN3O2/c11-8-2-1-6(12)5-7(8)9(16)14-3-4-15-10(13)17/h1-2,5H,3-4H2,(H,14,16)(H3,13,15,17). The van der Waals surface area contributed by atoms with Crippen molar-refractivity contribution in [2.45, 2.75) is 0 Å². The van der Waals surface area contributed by atoms with Crippen LogP contribution in [0.25, 0.3) is 0 Å². The molecule has 0 atom stereocenters. The minimum atomic E-state index is -0.602. The van der Waals surface area contributed by atoms with Gasteiger partial charge in [0.15, 0.2) is 0 Å². The maximum atomic E-state index is 11.8. The minimum Gasteiger partial charge on any atom is -0.352 e. The first-order valence-electron chi connectivity index (χ1n) is 4.77. The molecule has 1 aromatic carbocycles. The Morgan fingerprint density at radius 3 is 2.59 bits per heavy atom. The smallest absolute Gasteiger partial charge is 0.312 e. The normalized spacial score (nSPS) is 9.76. The Kier molecular flexibility index (Phi) is 5.69. The van der Waals surface area contributed by atoms with Gasteiger partial charge >= 0.3 is 6.03 Å². The summed E-state index contributed by atoms with van der Waals surface area (Å²) < 4.78 is 1.71. The van der Waals surface area contributed by atoms with E-state index in [-0.39, 0.29) is 5.91 Å². The van der Waals surface area contributed by atoms with Crippen LogP contribution in [0, 0.1) is 3.57 Å². The SMILES string of the molecule is NC(=O)NCCNC(=O)c1cc(I)ccc1Br. The van der Waals surface area contributed by atoms with E-state index in [2.05, 4.69) is 49.2 Å².